The lowest BCUT2D eigenvalue weighted by molar-refractivity contribution is -0.117. The fraction of sp³-hybridized carbons (Fsp3) is 0.273. The van der Waals surface area contributed by atoms with Gasteiger partial charge in [0, 0.05) is 30.1 Å². The second kappa shape index (κ2) is 8.62. The lowest BCUT2D eigenvalue weighted by atomic mass is 10.1. The van der Waals surface area contributed by atoms with Gasteiger partial charge in [-0.15, -0.1) is 10.2 Å². The highest BCUT2D eigenvalue weighted by molar-refractivity contribution is 7.15. The van der Waals surface area contributed by atoms with Crippen LogP contribution >= 0.6 is 11.3 Å². The van der Waals surface area contributed by atoms with Gasteiger partial charge in [0.05, 0.1) is 7.11 Å². The number of aryl methyl sites for hydroxylation is 1. The van der Waals surface area contributed by atoms with Crippen LogP contribution in [0, 0.1) is 0 Å². The second-order valence-corrected chi connectivity index (χ2v) is 8.03. The molecular weight excluding hydrogens is 400 g/mol. The van der Waals surface area contributed by atoms with Crippen LogP contribution in [0.5, 0.6) is 5.75 Å². The standard InChI is InChI=1S/C22H22N4O3S/c1-3-14-7-4-5-10-18(14)26-13-16(12-19(26)27)21-24-25-22(30-21)23-20(28)15-8-6-9-17(11-15)29-2/h4-11,16H,3,12-13H2,1-2H3,(H,23,25,28)/t16-/m1/s1. The molecule has 3 aromatic rings. The highest BCUT2D eigenvalue weighted by atomic mass is 32.1. The Labute approximate surface area is 178 Å². The summed E-state index contributed by atoms with van der Waals surface area (Å²) in [4.78, 5) is 27.0. The molecule has 0 saturated carbocycles. The van der Waals surface area contributed by atoms with E-state index in [1.807, 2.05) is 29.2 Å². The summed E-state index contributed by atoms with van der Waals surface area (Å²) in [6.45, 7) is 2.65. The first-order valence-corrected chi connectivity index (χ1v) is 10.6. The third-order valence-electron chi connectivity index (χ3n) is 5.13. The van der Waals surface area contributed by atoms with Crippen LogP contribution < -0.4 is 15.0 Å². The van der Waals surface area contributed by atoms with Gasteiger partial charge in [0.15, 0.2) is 0 Å². The molecule has 1 saturated heterocycles. The van der Waals surface area contributed by atoms with Crippen LogP contribution in [0.2, 0.25) is 0 Å². The number of benzene rings is 2. The van der Waals surface area contributed by atoms with E-state index in [-0.39, 0.29) is 17.7 Å². The molecule has 2 amide bonds. The molecule has 1 aromatic heterocycles. The van der Waals surface area contributed by atoms with E-state index in [0.717, 1.165) is 22.7 Å². The minimum absolute atomic E-state index is 0.0395. The van der Waals surface area contributed by atoms with E-state index in [1.165, 1.54) is 11.3 Å². The number of nitrogens with zero attached hydrogens (tertiary/aromatic N) is 3. The minimum atomic E-state index is -0.280. The van der Waals surface area contributed by atoms with Crippen molar-refractivity contribution < 1.29 is 14.3 Å². The molecule has 1 aliphatic rings. The van der Waals surface area contributed by atoms with Crippen LogP contribution in [0.25, 0.3) is 0 Å². The Hall–Kier alpha value is -3.26. The maximum atomic E-state index is 12.7. The molecule has 0 unspecified atom stereocenters. The molecule has 154 valence electrons. The number of ether oxygens (including phenoxy) is 1. The lowest BCUT2D eigenvalue weighted by Crippen LogP contribution is -2.25. The van der Waals surface area contributed by atoms with Crippen LogP contribution in [0.1, 0.15) is 40.2 Å². The fourth-order valence-electron chi connectivity index (χ4n) is 3.56. The third kappa shape index (κ3) is 4.04. The number of nitrogens with one attached hydrogen (secondary N) is 1. The first-order chi connectivity index (χ1) is 14.6. The maximum Gasteiger partial charge on any atom is 0.257 e. The zero-order valence-electron chi connectivity index (χ0n) is 16.8. The number of para-hydroxylation sites is 1. The largest absolute Gasteiger partial charge is 0.497 e. The van der Waals surface area contributed by atoms with Gasteiger partial charge in [0.25, 0.3) is 5.91 Å². The lowest BCUT2D eigenvalue weighted by Gasteiger charge is -2.19. The van der Waals surface area contributed by atoms with E-state index in [1.54, 1.807) is 31.4 Å². The van der Waals surface area contributed by atoms with Crippen LogP contribution in [0.15, 0.2) is 48.5 Å². The molecule has 8 heteroatoms. The van der Waals surface area contributed by atoms with E-state index in [2.05, 4.69) is 22.4 Å². The molecule has 4 rings (SSSR count). The van der Waals surface area contributed by atoms with Gasteiger partial charge < -0.3 is 9.64 Å². The van der Waals surface area contributed by atoms with Crippen molar-refractivity contribution in [3.05, 3.63) is 64.7 Å². The van der Waals surface area contributed by atoms with Crippen molar-refractivity contribution in [1.29, 1.82) is 0 Å². The Balaban J connectivity index is 1.46. The number of carbonyl (C=O) groups is 2. The first-order valence-electron chi connectivity index (χ1n) is 9.76. The summed E-state index contributed by atoms with van der Waals surface area (Å²) in [5, 5.41) is 12.3. The maximum absolute atomic E-state index is 12.7. The number of rotatable bonds is 6. The summed E-state index contributed by atoms with van der Waals surface area (Å²) in [6, 6.07) is 14.9. The molecule has 0 radical (unpaired) electrons. The average molecular weight is 423 g/mol. The van der Waals surface area contributed by atoms with Crippen molar-refractivity contribution >= 4 is 34.0 Å². The van der Waals surface area contributed by atoms with E-state index < -0.39 is 0 Å². The van der Waals surface area contributed by atoms with E-state index in [4.69, 9.17) is 4.74 Å². The normalized spacial score (nSPS) is 16.0. The SMILES string of the molecule is CCc1ccccc1N1C[C@H](c2nnc(NC(=O)c3cccc(OC)c3)s2)CC1=O. The molecule has 0 aliphatic carbocycles. The van der Waals surface area contributed by atoms with Gasteiger partial charge in [-0.05, 0) is 36.2 Å². The zero-order chi connectivity index (χ0) is 21.1. The number of methoxy groups -OCH3 is 1. The van der Waals surface area contributed by atoms with Crippen molar-refractivity contribution in [2.75, 3.05) is 23.9 Å². The summed E-state index contributed by atoms with van der Waals surface area (Å²) in [5.74, 6) is 0.371. The average Bonchev–Trinajstić information content (AvgIpc) is 3.40. The Kier molecular flexibility index (Phi) is 5.76. The smallest absolute Gasteiger partial charge is 0.257 e. The highest BCUT2D eigenvalue weighted by Crippen LogP contribution is 2.35. The van der Waals surface area contributed by atoms with Crippen molar-refractivity contribution in [1.82, 2.24) is 10.2 Å². The number of amides is 2. The second-order valence-electron chi connectivity index (χ2n) is 7.02. The number of carbonyl (C=O) groups excluding carboxylic acids is 2. The van der Waals surface area contributed by atoms with Crippen LogP contribution in [0.3, 0.4) is 0 Å². The van der Waals surface area contributed by atoms with Crippen molar-refractivity contribution in [3.8, 4) is 5.75 Å². The summed E-state index contributed by atoms with van der Waals surface area (Å²) in [5.41, 5.74) is 2.59. The van der Waals surface area contributed by atoms with Gasteiger partial charge >= 0.3 is 0 Å². The molecule has 0 spiro atoms. The molecule has 0 bridgehead atoms. The molecule has 1 aliphatic heterocycles. The summed E-state index contributed by atoms with van der Waals surface area (Å²) < 4.78 is 5.16. The Morgan fingerprint density at radius 1 is 1.23 bits per heavy atom. The van der Waals surface area contributed by atoms with Crippen LogP contribution in [-0.4, -0.2) is 35.7 Å². The number of hydrogen-bond donors (Lipinski definition) is 1. The molecular formula is C22H22N4O3S. The summed E-state index contributed by atoms with van der Waals surface area (Å²) >= 11 is 1.31. The van der Waals surface area contributed by atoms with Crippen molar-refractivity contribution in [2.45, 2.75) is 25.7 Å². The Morgan fingerprint density at radius 2 is 2.07 bits per heavy atom. The quantitative estimate of drug-likeness (QED) is 0.652. The van der Waals surface area contributed by atoms with Crippen molar-refractivity contribution in [2.24, 2.45) is 0 Å². The predicted octanol–water partition coefficient (Wildman–Crippen LogP) is 3.88. The first kappa shape index (κ1) is 20.0. The third-order valence-corrected chi connectivity index (χ3v) is 6.13. The van der Waals surface area contributed by atoms with Gasteiger partial charge in [-0.2, -0.15) is 0 Å². The molecule has 1 N–H and O–H groups in total. The van der Waals surface area contributed by atoms with E-state index in [9.17, 15) is 9.59 Å². The molecule has 1 atom stereocenters. The number of anilines is 2. The molecule has 2 aromatic carbocycles. The summed E-state index contributed by atoms with van der Waals surface area (Å²) in [7, 11) is 1.55. The van der Waals surface area contributed by atoms with E-state index >= 15 is 0 Å². The monoisotopic (exact) mass is 422 g/mol. The topological polar surface area (TPSA) is 84.4 Å². The Morgan fingerprint density at radius 3 is 2.87 bits per heavy atom. The van der Waals surface area contributed by atoms with Gasteiger partial charge in [-0.1, -0.05) is 42.5 Å². The van der Waals surface area contributed by atoms with Gasteiger partial charge in [0.2, 0.25) is 11.0 Å². The molecule has 1 fully saturated rings. The number of hydrogen-bond acceptors (Lipinski definition) is 6. The fourth-order valence-corrected chi connectivity index (χ4v) is 4.39. The molecule has 2 heterocycles. The number of aromatic nitrogens is 2. The highest BCUT2D eigenvalue weighted by Gasteiger charge is 2.34. The van der Waals surface area contributed by atoms with Gasteiger partial charge in [-0.3, -0.25) is 14.9 Å². The molecule has 7 nitrogen and oxygen atoms in total. The van der Waals surface area contributed by atoms with Crippen LogP contribution in [0.4, 0.5) is 10.8 Å². The Bertz CT molecular complexity index is 1080. The van der Waals surface area contributed by atoms with Gasteiger partial charge in [-0.25, -0.2) is 0 Å². The predicted molar refractivity (Wildman–Crippen MR) is 116 cm³/mol. The summed E-state index contributed by atoms with van der Waals surface area (Å²) in [6.07, 6.45) is 1.25. The van der Waals surface area contributed by atoms with Gasteiger partial charge in [0.1, 0.15) is 10.8 Å². The molecule has 30 heavy (non-hydrogen) atoms. The zero-order valence-corrected chi connectivity index (χ0v) is 17.6. The van der Waals surface area contributed by atoms with E-state index in [0.29, 0.717) is 29.4 Å². The van der Waals surface area contributed by atoms with Crippen molar-refractivity contribution in [3.63, 3.8) is 0 Å². The van der Waals surface area contributed by atoms with Crippen LogP contribution in [-0.2, 0) is 11.2 Å². The minimum Gasteiger partial charge on any atom is -0.497 e.